The number of hydrogen-bond donors (Lipinski definition) is 2. The maximum Gasteiger partial charge on any atom is 0.228 e. The van der Waals surface area contributed by atoms with Gasteiger partial charge in [-0.2, -0.15) is 4.98 Å². The maximum absolute atomic E-state index is 5.86. The summed E-state index contributed by atoms with van der Waals surface area (Å²) in [6.07, 6.45) is 1.68. The van der Waals surface area contributed by atoms with Crippen LogP contribution in [0, 0.1) is 0 Å². The Morgan fingerprint density at radius 3 is 2.57 bits per heavy atom. The van der Waals surface area contributed by atoms with Crippen molar-refractivity contribution < 1.29 is 4.52 Å². The number of hydrogen-bond acceptors (Lipinski definition) is 4. The molecule has 0 radical (unpaired) electrons. The molecule has 6 nitrogen and oxygen atoms in total. The molecule has 0 atom stereocenters. The van der Waals surface area contributed by atoms with Crippen molar-refractivity contribution in [2.75, 3.05) is 20.1 Å². The molecular formula is C15H21ClIN5O. The van der Waals surface area contributed by atoms with Gasteiger partial charge in [0.1, 0.15) is 0 Å². The van der Waals surface area contributed by atoms with Crippen molar-refractivity contribution >= 4 is 41.5 Å². The molecule has 23 heavy (non-hydrogen) atoms. The van der Waals surface area contributed by atoms with Gasteiger partial charge in [-0.15, -0.1) is 24.0 Å². The Morgan fingerprint density at radius 1 is 1.22 bits per heavy atom. The lowest BCUT2D eigenvalue weighted by Gasteiger charge is -2.09. The van der Waals surface area contributed by atoms with Crippen LogP contribution in [-0.4, -0.2) is 36.2 Å². The van der Waals surface area contributed by atoms with Crippen LogP contribution in [0.1, 0.15) is 19.2 Å². The van der Waals surface area contributed by atoms with Gasteiger partial charge < -0.3 is 15.2 Å². The van der Waals surface area contributed by atoms with Gasteiger partial charge in [0.2, 0.25) is 11.7 Å². The molecule has 0 amide bonds. The number of aliphatic imine (C=N–C) groups is 1. The average molecular weight is 450 g/mol. The molecule has 2 N–H and O–H groups in total. The standard InChI is InChI=1S/C15H20ClN5O.HI/c1-3-9-18-15(17-2)19-10-8-13-20-14(21-22-13)11-4-6-12(16)7-5-11;/h4-7H,3,8-10H2,1-2H3,(H2,17,18,19);1H. The molecular weight excluding hydrogens is 429 g/mol. The second kappa shape index (κ2) is 10.4. The minimum atomic E-state index is 0. The van der Waals surface area contributed by atoms with Crippen LogP contribution in [0.5, 0.6) is 0 Å². The van der Waals surface area contributed by atoms with Crippen molar-refractivity contribution in [2.45, 2.75) is 19.8 Å². The number of benzene rings is 1. The first-order valence-corrected chi connectivity index (χ1v) is 7.63. The van der Waals surface area contributed by atoms with E-state index in [2.05, 4.69) is 32.7 Å². The quantitative estimate of drug-likeness (QED) is 0.403. The Bertz CT molecular complexity index is 615. The van der Waals surface area contributed by atoms with Gasteiger partial charge in [0.15, 0.2) is 5.96 Å². The summed E-state index contributed by atoms with van der Waals surface area (Å²) in [7, 11) is 1.75. The van der Waals surface area contributed by atoms with Gasteiger partial charge in [-0.1, -0.05) is 23.7 Å². The third-order valence-electron chi connectivity index (χ3n) is 2.97. The Balaban J connectivity index is 0.00000264. The molecule has 126 valence electrons. The number of rotatable bonds is 6. The Hall–Kier alpha value is -1.35. The van der Waals surface area contributed by atoms with E-state index in [0.29, 0.717) is 29.7 Å². The van der Waals surface area contributed by atoms with E-state index in [1.807, 2.05) is 12.1 Å². The molecule has 0 aliphatic heterocycles. The lowest BCUT2D eigenvalue weighted by Crippen LogP contribution is -2.38. The van der Waals surface area contributed by atoms with Crippen molar-refractivity contribution in [3.63, 3.8) is 0 Å². The van der Waals surface area contributed by atoms with Crippen molar-refractivity contribution in [3.05, 3.63) is 35.2 Å². The van der Waals surface area contributed by atoms with Crippen LogP contribution in [0.15, 0.2) is 33.8 Å². The van der Waals surface area contributed by atoms with Gasteiger partial charge in [0.25, 0.3) is 0 Å². The van der Waals surface area contributed by atoms with E-state index in [-0.39, 0.29) is 24.0 Å². The van der Waals surface area contributed by atoms with Crippen molar-refractivity contribution in [3.8, 4) is 11.4 Å². The molecule has 1 aromatic carbocycles. The van der Waals surface area contributed by atoms with Gasteiger partial charge in [0, 0.05) is 37.1 Å². The third kappa shape index (κ3) is 6.34. The number of guanidine groups is 1. The fourth-order valence-electron chi connectivity index (χ4n) is 1.82. The van der Waals surface area contributed by atoms with Gasteiger partial charge in [-0.25, -0.2) is 0 Å². The van der Waals surface area contributed by atoms with Crippen LogP contribution < -0.4 is 10.6 Å². The molecule has 1 aromatic heterocycles. The number of nitrogens with zero attached hydrogens (tertiary/aromatic N) is 3. The fraction of sp³-hybridized carbons (Fsp3) is 0.400. The Morgan fingerprint density at radius 2 is 1.91 bits per heavy atom. The molecule has 0 bridgehead atoms. The summed E-state index contributed by atoms with van der Waals surface area (Å²) >= 11 is 5.86. The molecule has 0 fully saturated rings. The Kier molecular flexibility index (Phi) is 8.93. The maximum atomic E-state index is 5.86. The second-order valence-electron chi connectivity index (χ2n) is 4.69. The first kappa shape index (κ1) is 19.7. The second-order valence-corrected chi connectivity index (χ2v) is 5.13. The molecule has 8 heteroatoms. The first-order chi connectivity index (χ1) is 10.7. The van der Waals surface area contributed by atoms with Crippen molar-refractivity contribution in [1.82, 2.24) is 20.8 Å². The first-order valence-electron chi connectivity index (χ1n) is 7.26. The highest BCUT2D eigenvalue weighted by Gasteiger charge is 2.08. The SMILES string of the molecule is CCCNC(=NC)NCCc1nc(-c2ccc(Cl)cc2)no1.I. The smallest absolute Gasteiger partial charge is 0.228 e. The van der Waals surface area contributed by atoms with Crippen LogP contribution in [-0.2, 0) is 6.42 Å². The van der Waals surface area contributed by atoms with Crippen LogP contribution in [0.4, 0.5) is 0 Å². The molecule has 0 aliphatic rings. The van der Waals surface area contributed by atoms with E-state index < -0.39 is 0 Å². The largest absolute Gasteiger partial charge is 0.356 e. The summed E-state index contributed by atoms with van der Waals surface area (Å²) in [6.45, 7) is 3.67. The molecule has 0 aliphatic carbocycles. The summed E-state index contributed by atoms with van der Waals surface area (Å²) in [5, 5.41) is 11.1. The van der Waals surface area contributed by atoms with E-state index in [0.717, 1.165) is 24.5 Å². The van der Waals surface area contributed by atoms with Crippen LogP contribution in [0.25, 0.3) is 11.4 Å². The molecule has 1 heterocycles. The van der Waals surface area contributed by atoms with E-state index in [1.54, 1.807) is 19.2 Å². The van der Waals surface area contributed by atoms with Gasteiger partial charge in [-0.3, -0.25) is 4.99 Å². The fourth-order valence-corrected chi connectivity index (χ4v) is 1.95. The monoisotopic (exact) mass is 449 g/mol. The van der Waals surface area contributed by atoms with Crippen LogP contribution in [0.2, 0.25) is 5.02 Å². The predicted molar refractivity (Wildman–Crippen MR) is 104 cm³/mol. The summed E-state index contributed by atoms with van der Waals surface area (Å²) in [4.78, 5) is 8.51. The van der Waals surface area contributed by atoms with Crippen LogP contribution in [0.3, 0.4) is 0 Å². The molecule has 2 aromatic rings. The van der Waals surface area contributed by atoms with E-state index in [1.165, 1.54) is 0 Å². The topological polar surface area (TPSA) is 75.3 Å². The molecule has 0 spiro atoms. The van der Waals surface area contributed by atoms with Gasteiger partial charge in [-0.05, 0) is 30.7 Å². The summed E-state index contributed by atoms with van der Waals surface area (Å²) < 4.78 is 5.25. The predicted octanol–water partition coefficient (Wildman–Crippen LogP) is 3.13. The summed E-state index contributed by atoms with van der Waals surface area (Å²) in [5.41, 5.74) is 0.882. The van der Waals surface area contributed by atoms with Crippen LogP contribution >= 0.6 is 35.6 Å². The zero-order chi connectivity index (χ0) is 15.8. The summed E-state index contributed by atoms with van der Waals surface area (Å²) in [5.74, 6) is 1.93. The molecule has 0 saturated carbocycles. The van der Waals surface area contributed by atoms with E-state index in [4.69, 9.17) is 16.1 Å². The number of aromatic nitrogens is 2. The Labute approximate surface area is 158 Å². The minimum Gasteiger partial charge on any atom is -0.356 e. The van der Waals surface area contributed by atoms with Gasteiger partial charge in [0.05, 0.1) is 0 Å². The minimum absolute atomic E-state index is 0. The zero-order valence-corrected chi connectivity index (χ0v) is 16.3. The van der Waals surface area contributed by atoms with Crippen molar-refractivity contribution in [2.24, 2.45) is 4.99 Å². The highest BCUT2D eigenvalue weighted by Crippen LogP contribution is 2.18. The normalized spacial score (nSPS) is 11.0. The molecule has 0 unspecified atom stereocenters. The van der Waals surface area contributed by atoms with E-state index >= 15 is 0 Å². The highest BCUT2D eigenvalue weighted by atomic mass is 127. The molecule has 2 rings (SSSR count). The molecule has 0 saturated heterocycles. The highest BCUT2D eigenvalue weighted by molar-refractivity contribution is 14.0. The number of halogens is 2. The lowest BCUT2D eigenvalue weighted by atomic mass is 10.2. The van der Waals surface area contributed by atoms with E-state index in [9.17, 15) is 0 Å². The third-order valence-corrected chi connectivity index (χ3v) is 3.22. The lowest BCUT2D eigenvalue weighted by molar-refractivity contribution is 0.378. The zero-order valence-electron chi connectivity index (χ0n) is 13.2. The van der Waals surface area contributed by atoms with Gasteiger partial charge >= 0.3 is 0 Å². The average Bonchev–Trinajstić information content (AvgIpc) is 3.00. The van der Waals surface area contributed by atoms with Crippen molar-refractivity contribution in [1.29, 1.82) is 0 Å². The summed E-state index contributed by atoms with van der Waals surface area (Å²) in [6, 6.07) is 7.34. The number of nitrogens with one attached hydrogen (secondary N) is 2.